The molecule has 0 fully saturated rings. The Bertz CT molecular complexity index is 453. The van der Waals surface area contributed by atoms with Crippen molar-refractivity contribution in [1.29, 1.82) is 0 Å². The molecule has 1 rings (SSSR count). The first-order valence-electron chi connectivity index (χ1n) is 9.63. The molecule has 10 heteroatoms. The van der Waals surface area contributed by atoms with Gasteiger partial charge in [0.05, 0.1) is 0 Å². The van der Waals surface area contributed by atoms with Crippen LogP contribution in [0.25, 0.3) is 0 Å². The first-order valence-corrected chi connectivity index (χ1v) is 14.8. The van der Waals surface area contributed by atoms with Crippen molar-refractivity contribution >= 4 is 26.0 Å². The van der Waals surface area contributed by atoms with Gasteiger partial charge in [-0.2, -0.15) is 44.5 Å². The molecule has 0 amide bonds. The Hall–Kier alpha value is 0.444. The van der Waals surface area contributed by atoms with Gasteiger partial charge < -0.3 is 0 Å². The SMILES string of the molecule is CCP(CC)CC.CCP(CC)CC.FC(F)(F)c1c[c-]cc(C(F)(F)F)c1.[Cl][Ni]. The average molecular weight is 544 g/mol. The molecule has 0 aliphatic rings. The molecule has 0 aliphatic heterocycles. The average Bonchev–Trinajstić information content (AvgIpc) is 2.72. The fourth-order valence-corrected chi connectivity index (χ4v) is 4.82. The van der Waals surface area contributed by atoms with Crippen LogP contribution in [0, 0.1) is 6.07 Å². The standard InChI is InChI=1S/C8H3F6.2C6H15P.ClH.Ni/c9-7(10,11)5-2-1-3-6(4-5)8(12,13)14;2*1-4-7(5-2)6-3;;/h2-4H;2*4-6H2,1-3H3;1H;/q-1;;;;+1/p-1. The van der Waals surface area contributed by atoms with Crippen molar-refractivity contribution in [2.45, 2.75) is 53.9 Å². The van der Waals surface area contributed by atoms with Gasteiger partial charge in [-0.25, -0.2) is 0 Å². The van der Waals surface area contributed by atoms with E-state index >= 15 is 0 Å². The zero-order chi connectivity index (χ0) is 24.4. The van der Waals surface area contributed by atoms with Gasteiger partial charge >= 0.3 is 37.1 Å². The third-order valence-electron chi connectivity index (χ3n) is 4.13. The maximum absolute atomic E-state index is 12.0. The number of alkyl halides is 6. The van der Waals surface area contributed by atoms with E-state index in [1.807, 2.05) is 0 Å². The van der Waals surface area contributed by atoms with Crippen LogP contribution in [0.2, 0.25) is 0 Å². The summed E-state index contributed by atoms with van der Waals surface area (Å²) in [5, 5.41) is 0. The Kier molecular flexibility index (Phi) is 23.5. The predicted molar refractivity (Wildman–Crippen MR) is 118 cm³/mol. The third-order valence-corrected chi connectivity index (χ3v) is 9.49. The summed E-state index contributed by atoms with van der Waals surface area (Å²) in [6.07, 6.45) is -1.05. The second-order valence-corrected chi connectivity index (χ2v) is 12.2. The van der Waals surface area contributed by atoms with Crippen LogP contribution >= 0.6 is 26.0 Å². The van der Waals surface area contributed by atoms with Crippen molar-refractivity contribution in [2.24, 2.45) is 0 Å². The van der Waals surface area contributed by atoms with Gasteiger partial charge in [0, 0.05) is 0 Å². The number of rotatable bonds is 6. The van der Waals surface area contributed by atoms with E-state index in [2.05, 4.69) is 66.3 Å². The van der Waals surface area contributed by atoms with E-state index in [0.29, 0.717) is 28.0 Å². The van der Waals surface area contributed by atoms with Crippen molar-refractivity contribution in [3.05, 3.63) is 35.4 Å². The van der Waals surface area contributed by atoms with Crippen molar-refractivity contribution in [2.75, 3.05) is 37.0 Å². The van der Waals surface area contributed by atoms with Gasteiger partial charge in [-0.1, -0.05) is 52.7 Å². The fourth-order valence-electron chi connectivity index (χ4n) is 2.14. The number of halogens is 7. The van der Waals surface area contributed by atoms with Crippen LogP contribution in [0.15, 0.2) is 18.2 Å². The Balaban J connectivity index is -0.000000387. The van der Waals surface area contributed by atoms with Crippen molar-refractivity contribution in [3.63, 3.8) is 0 Å². The fraction of sp³-hybridized carbons (Fsp3) is 0.700. The second-order valence-electron chi connectivity index (χ2n) is 5.74. The summed E-state index contributed by atoms with van der Waals surface area (Å²) >= 11 is 3.35. The molecular formula is C20H33ClF6NiP2-. The molecule has 0 aliphatic carbocycles. The normalized spacial score (nSPS) is 11.1. The molecule has 0 saturated heterocycles. The molecule has 30 heavy (non-hydrogen) atoms. The van der Waals surface area contributed by atoms with Crippen molar-refractivity contribution < 1.29 is 40.9 Å². The van der Waals surface area contributed by atoms with Crippen LogP contribution in [-0.2, 0) is 26.9 Å². The predicted octanol–water partition coefficient (Wildman–Crippen LogP) is 9.27. The molecule has 0 bridgehead atoms. The molecule has 0 nitrogen and oxygen atoms in total. The van der Waals surface area contributed by atoms with Crippen LogP contribution in [0.1, 0.15) is 52.7 Å². The molecule has 0 spiro atoms. The van der Waals surface area contributed by atoms with E-state index in [0.717, 1.165) is 0 Å². The Morgan fingerprint density at radius 2 is 0.900 bits per heavy atom. The summed E-state index contributed by atoms with van der Waals surface area (Å²) < 4.78 is 71.8. The van der Waals surface area contributed by atoms with E-state index in [1.165, 1.54) is 37.0 Å². The summed E-state index contributed by atoms with van der Waals surface area (Å²) in [5.41, 5.74) is -2.71. The number of hydrogen-bond donors (Lipinski definition) is 0. The van der Waals surface area contributed by atoms with Crippen LogP contribution in [-0.4, -0.2) is 37.0 Å². The monoisotopic (exact) mass is 542 g/mol. The summed E-state index contributed by atoms with van der Waals surface area (Å²) in [5.74, 6) is 0. The first kappa shape index (κ1) is 35.0. The number of benzene rings is 1. The van der Waals surface area contributed by atoms with E-state index in [4.69, 9.17) is 0 Å². The van der Waals surface area contributed by atoms with Gasteiger partial charge in [0.2, 0.25) is 0 Å². The van der Waals surface area contributed by atoms with Gasteiger partial charge in [-0.3, -0.25) is 0 Å². The zero-order valence-electron chi connectivity index (χ0n) is 18.3. The van der Waals surface area contributed by atoms with Crippen LogP contribution in [0.3, 0.4) is 0 Å². The van der Waals surface area contributed by atoms with E-state index in [1.54, 1.807) is 6.07 Å². The molecular weight excluding hydrogens is 510 g/mol. The minimum atomic E-state index is -4.78. The topological polar surface area (TPSA) is 0 Å². The molecule has 0 saturated carbocycles. The van der Waals surface area contributed by atoms with Crippen LogP contribution in [0.5, 0.6) is 0 Å². The van der Waals surface area contributed by atoms with E-state index in [9.17, 15) is 26.3 Å². The number of hydrogen-bond acceptors (Lipinski definition) is 0. The quantitative estimate of drug-likeness (QED) is 0.145. The minimum absolute atomic E-state index is 0.0521. The third kappa shape index (κ3) is 18.1. The molecule has 0 heterocycles. The second kappa shape index (κ2) is 20.1. The molecule has 1 aromatic rings. The Labute approximate surface area is 193 Å². The summed E-state index contributed by atoms with van der Waals surface area (Å²) in [7, 11) is 5.16. The van der Waals surface area contributed by atoms with Crippen LogP contribution < -0.4 is 0 Å². The Morgan fingerprint density at radius 3 is 1.03 bits per heavy atom. The van der Waals surface area contributed by atoms with Crippen molar-refractivity contribution in [1.82, 2.24) is 0 Å². The molecule has 0 radical (unpaired) electrons. The van der Waals surface area contributed by atoms with Gasteiger partial charge in [-0.05, 0) is 37.0 Å². The van der Waals surface area contributed by atoms with Gasteiger partial charge in [0.25, 0.3) is 0 Å². The van der Waals surface area contributed by atoms with E-state index in [-0.39, 0.29) is 6.07 Å². The first-order chi connectivity index (χ1) is 13.9. The summed E-state index contributed by atoms with van der Waals surface area (Å²) in [6, 6.07) is 2.79. The van der Waals surface area contributed by atoms with Crippen LogP contribution in [0.4, 0.5) is 26.3 Å². The summed E-state index contributed by atoms with van der Waals surface area (Å²) in [4.78, 5) is 0. The molecule has 183 valence electrons. The van der Waals surface area contributed by atoms with E-state index < -0.39 is 23.5 Å². The van der Waals surface area contributed by atoms with Gasteiger partial charge in [0.15, 0.2) is 0 Å². The van der Waals surface area contributed by atoms with Crippen molar-refractivity contribution in [3.8, 4) is 0 Å². The van der Waals surface area contributed by atoms with Gasteiger partial charge in [0.1, 0.15) is 0 Å². The molecule has 0 atom stereocenters. The summed E-state index contributed by atoms with van der Waals surface area (Å²) in [6.45, 7) is 13.7. The van der Waals surface area contributed by atoms with Gasteiger partial charge in [-0.15, -0.1) is 21.9 Å². The molecule has 0 unspecified atom stereocenters. The molecule has 1 aromatic carbocycles. The molecule has 0 N–H and O–H groups in total. The maximum atomic E-state index is 12.0. The Morgan fingerprint density at radius 1 is 0.667 bits per heavy atom. The zero-order valence-corrected chi connectivity index (χ0v) is 21.9. The molecule has 0 aromatic heterocycles.